The number of H-pyrrole nitrogens is 1. The first-order chi connectivity index (χ1) is 11.9. The molecule has 0 saturated heterocycles. The normalized spacial score (nSPS) is 42.8. The predicted octanol–water partition coefficient (Wildman–Crippen LogP) is 3.16. The summed E-state index contributed by atoms with van der Waals surface area (Å²) in [5.41, 5.74) is 9.58. The molecule has 0 amide bonds. The topological polar surface area (TPSA) is 74.9 Å². The maximum absolute atomic E-state index is 10.2. The molecular weight excluding hydrogens is 310 g/mol. The average Bonchev–Trinajstić information content (AvgIpc) is 3.16. The molecule has 1 aromatic rings. The van der Waals surface area contributed by atoms with Crippen LogP contribution in [-0.4, -0.2) is 28.5 Å². The molecule has 0 aliphatic heterocycles. The Morgan fingerprint density at radius 2 is 2.00 bits per heavy atom. The highest BCUT2D eigenvalue weighted by Crippen LogP contribution is 2.61. The van der Waals surface area contributed by atoms with Gasteiger partial charge in [0.2, 0.25) is 0 Å². The molecule has 0 unspecified atom stereocenters. The molecule has 4 rings (SSSR count). The Morgan fingerprint density at radius 3 is 2.72 bits per heavy atom. The van der Waals surface area contributed by atoms with Crippen molar-refractivity contribution in [1.29, 1.82) is 0 Å². The summed E-state index contributed by atoms with van der Waals surface area (Å²) in [6, 6.07) is 0. The Hall–Kier alpha value is -0.870. The fourth-order valence-corrected chi connectivity index (χ4v) is 7.06. The van der Waals surface area contributed by atoms with Gasteiger partial charge in [0.05, 0.1) is 6.20 Å². The molecule has 4 heteroatoms. The highest BCUT2D eigenvalue weighted by Gasteiger charge is 2.55. The first kappa shape index (κ1) is 17.5. The van der Waals surface area contributed by atoms with E-state index in [-0.39, 0.29) is 12.0 Å². The Labute approximate surface area is 152 Å². The minimum atomic E-state index is 0.132. The van der Waals surface area contributed by atoms with Gasteiger partial charge in [-0.3, -0.25) is 5.10 Å². The number of rotatable bonds is 3. The Morgan fingerprint density at radius 1 is 1.24 bits per heavy atom. The summed E-state index contributed by atoms with van der Waals surface area (Å²) in [6.45, 7) is 8.41. The van der Waals surface area contributed by atoms with Crippen LogP contribution >= 0.6 is 0 Å². The third kappa shape index (κ3) is 2.59. The third-order valence-electron chi connectivity index (χ3n) is 8.60. The fourth-order valence-electron chi connectivity index (χ4n) is 7.06. The number of nitrogens with zero attached hydrogens (tertiary/aromatic N) is 1. The van der Waals surface area contributed by atoms with Crippen LogP contribution in [0.25, 0.3) is 0 Å². The molecule has 4 nitrogen and oxygen atoms in total. The van der Waals surface area contributed by atoms with Gasteiger partial charge in [0.15, 0.2) is 0 Å². The van der Waals surface area contributed by atoms with Gasteiger partial charge in [0.25, 0.3) is 0 Å². The highest BCUT2D eigenvalue weighted by atomic mass is 16.3. The summed E-state index contributed by atoms with van der Waals surface area (Å²) < 4.78 is 0. The van der Waals surface area contributed by atoms with Crippen molar-refractivity contribution >= 4 is 0 Å². The van der Waals surface area contributed by atoms with Crippen molar-refractivity contribution in [3.05, 3.63) is 17.5 Å². The Balaban J connectivity index is 1.66. The highest BCUT2D eigenvalue weighted by molar-refractivity contribution is 5.24. The van der Waals surface area contributed by atoms with E-state index >= 15 is 0 Å². The summed E-state index contributed by atoms with van der Waals surface area (Å²) in [7, 11) is 0. The zero-order valence-corrected chi connectivity index (χ0v) is 16.1. The first-order valence-corrected chi connectivity index (χ1v) is 10.2. The molecule has 0 bridgehead atoms. The molecule has 0 aromatic carbocycles. The number of aliphatic hydroxyl groups is 1. The van der Waals surface area contributed by atoms with Crippen molar-refractivity contribution < 1.29 is 5.11 Å². The van der Waals surface area contributed by atoms with E-state index in [1.807, 2.05) is 6.20 Å². The molecule has 2 fully saturated rings. The van der Waals surface area contributed by atoms with E-state index in [0.717, 1.165) is 31.2 Å². The lowest BCUT2D eigenvalue weighted by atomic mass is 9.51. The Bertz CT molecular complexity index is 624. The summed E-state index contributed by atoms with van der Waals surface area (Å²) in [5, 5.41) is 17.6. The molecule has 0 radical (unpaired) electrons. The van der Waals surface area contributed by atoms with E-state index in [2.05, 4.69) is 31.0 Å². The van der Waals surface area contributed by atoms with E-state index in [0.29, 0.717) is 23.2 Å². The van der Waals surface area contributed by atoms with Crippen LogP contribution in [-0.2, 0) is 12.8 Å². The molecule has 140 valence electrons. The molecule has 1 aromatic heterocycles. The van der Waals surface area contributed by atoms with Crippen LogP contribution in [0.5, 0.6) is 0 Å². The van der Waals surface area contributed by atoms with Crippen LogP contribution < -0.4 is 5.73 Å². The largest absolute Gasteiger partial charge is 0.396 e. The van der Waals surface area contributed by atoms with Gasteiger partial charge in [-0.05, 0) is 91.1 Å². The van der Waals surface area contributed by atoms with E-state index < -0.39 is 0 Å². The van der Waals surface area contributed by atoms with E-state index in [9.17, 15) is 5.11 Å². The van der Waals surface area contributed by atoms with Crippen LogP contribution in [0.2, 0.25) is 0 Å². The third-order valence-corrected chi connectivity index (χ3v) is 8.60. The molecule has 3 aliphatic carbocycles. The van der Waals surface area contributed by atoms with E-state index in [1.165, 1.54) is 36.9 Å². The summed E-state index contributed by atoms with van der Waals surface area (Å²) in [6.07, 6.45) is 9.26. The molecule has 25 heavy (non-hydrogen) atoms. The van der Waals surface area contributed by atoms with Gasteiger partial charge < -0.3 is 10.8 Å². The number of aromatic nitrogens is 2. The minimum absolute atomic E-state index is 0.132. The maximum atomic E-state index is 10.2. The number of hydrogen-bond donors (Lipinski definition) is 3. The predicted molar refractivity (Wildman–Crippen MR) is 99.9 cm³/mol. The summed E-state index contributed by atoms with van der Waals surface area (Å²) >= 11 is 0. The van der Waals surface area contributed by atoms with Crippen molar-refractivity contribution in [1.82, 2.24) is 10.2 Å². The minimum Gasteiger partial charge on any atom is -0.396 e. The van der Waals surface area contributed by atoms with Gasteiger partial charge >= 0.3 is 0 Å². The molecular formula is C21H35N3O. The fraction of sp³-hybridized carbons (Fsp3) is 0.857. The van der Waals surface area contributed by atoms with Crippen molar-refractivity contribution in [2.45, 2.75) is 59.3 Å². The average molecular weight is 346 g/mol. The van der Waals surface area contributed by atoms with Crippen LogP contribution in [0.1, 0.15) is 57.7 Å². The van der Waals surface area contributed by atoms with Crippen LogP contribution in [0.3, 0.4) is 0 Å². The van der Waals surface area contributed by atoms with Gasteiger partial charge in [-0.25, -0.2) is 0 Å². The van der Waals surface area contributed by atoms with Crippen molar-refractivity contribution in [3.63, 3.8) is 0 Å². The lowest BCUT2D eigenvalue weighted by Crippen LogP contribution is -2.51. The standard InChI is InChI=1S/C21H35N3O/c1-20(2)7-6-15-16(10-22)18(5-4-17(15)20)21(3)9-13-11-23-24-19(13)8-14(21)12-25/h11,14-18,25H,4-10,12,22H2,1-3H3,(H,23,24)/t14-,15-,16-,17+,18+,21+/m1/s1. The zero-order chi connectivity index (χ0) is 17.8. The second-order valence-corrected chi connectivity index (χ2v) is 10.0. The van der Waals surface area contributed by atoms with Gasteiger partial charge in [-0.15, -0.1) is 0 Å². The summed E-state index contributed by atoms with van der Waals surface area (Å²) in [5.74, 6) is 3.15. The monoisotopic (exact) mass is 345 g/mol. The van der Waals surface area contributed by atoms with Crippen molar-refractivity contribution in [2.75, 3.05) is 13.2 Å². The quantitative estimate of drug-likeness (QED) is 0.788. The van der Waals surface area contributed by atoms with E-state index in [1.54, 1.807) is 0 Å². The second-order valence-electron chi connectivity index (χ2n) is 10.0. The van der Waals surface area contributed by atoms with Gasteiger partial charge in [-0.1, -0.05) is 20.8 Å². The number of fused-ring (bicyclic) bond motifs is 2. The van der Waals surface area contributed by atoms with Crippen molar-refractivity contribution in [2.24, 2.45) is 46.2 Å². The number of nitrogens with one attached hydrogen (secondary N) is 1. The lowest BCUT2D eigenvalue weighted by molar-refractivity contribution is -0.0479. The zero-order valence-electron chi connectivity index (χ0n) is 16.1. The van der Waals surface area contributed by atoms with Gasteiger partial charge in [0.1, 0.15) is 0 Å². The number of nitrogens with two attached hydrogens (primary N) is 1. The van der Waals surface area contributed by atoms with Crippen molar-refractivity contribution in [3.8, 4) is 0 Å². The number of aliphatic hydroxyl groups excluding tert-OH is 1. The maximum Gasteiger partial charge on any atom is 0.0522 e. The summed E-state index contributed by atoms with van der Waals surface area (Å²) in [4.78, 5) is 0. The van der Waals surface area contributed by atoms with Crippen LogP contribution in [0.15, 0.2) is 6.20 Å². The SMILES string of the molecule is CC1(C)CC[C@@H]2[C@@H](CN)[C@@H]([C@@]3(C)Cc4cn[nH]c4C[C@@H]3CO)CC[C@@H]21. The van der Waals surface area contributed by atoms with Gasteiger partial charge in [0, 0.05) is 12.3 Å². The first-order valence-electron chi connectivity index (χ1n) is 10.2. The molecule has 0 spiro atoms. The Kier molecular flexibility index (Phi) is 4.27. The smallest absolute Gasteiger partial charge is 0.0522 e. The molecule has 6 atom stereocenters. The number of aromatic amines is 1. The molecule has 3 aliphatic rings. The second kappa shape index (κ2) is 6.09. The van der Waals surface area contributed by atoms with E-state index in [4.69, 9.17) is 5.73 Å². The molecule has 2 saturated carbocycles. The van der Waals surface area contributed by atoms with Crippen LogP contribution in [0, 0.1) is 40.4 Å². The molecule has 1 heterocycles. The number of hydrogen-bond acceptors (Lipinski definition) is 3. The van der Waals surface area contributed by atoms with Gasteiger partial charge in [-0.2, -0.15) is 5.10 Å². The van der Waals surface area contributed by atoms with Crippen LogP contribution in [0.4, 0.5) is 0 Å². The lowest BCUT2D eigenvalue weighted by Gasteiger charge is -2.54. The molecule has 4 N–H and O–H groups in total.